The summed E-state index contributed by atoms with van der Waals surface area (Å²) < 4.78 is 12.4. The molecule has 1 fully saturated rings. The van der Waals surface area contributed by atoms with Gasteiger partial charge in [0, 0.05) is 25.7 Å². The minimum atomic E-state index is -0.299. The van der Waals surface area contributed by atoms with Gasteiger partial charge in [0.15, 0.2) is 11.5 Å². The molecular weight excluding hydrogens is 322 g/mol. The lowest BCUT2D eigenvalue weighted by Crippen LogP contribution is -2.49. The van der Waals surface area contributed by atoms with Crippen molar-refractivity contribution in [1.29, 1.82) is 0 Å². The molecule has 0 N–H and O–H groups in total. The molecule has 3 rings (SSSR count). The van der Waals surface area contributed by atoms with Gasteiger partial charge in [-0.15, -0.1) is 0 Å². The van der Waals surface area contributed by atoms with Gasteiger partial charge in [0.2, 0.25) is 0 Å². The standard InChI is InChI=1S/C18H23N3O4/c1-13(2)10-20-11-14(9-19-20)18(23)21-5-7-24-12-15(21)8-16(22)17-4-3-6-25-17/h3-4,6,9,11,13,15H,5,7-8,10,12H2,1-2H3. The molecule has 2 aromatic heterocycles. The molecule has 0 radical (unpaired) electrons. The van der Waals surface area contributed by atoms with Crippen molar-refractivity contribution in [1.82, 2.24) is 14.7 Å². The fourth-order valence-electron chi connectivity index (χ4n) is 2.96. The van der Waals surface area contributed by atoms with Crippen molar-refractivity contribution >= 4 is 11.7 Å². The number of aromatic nitrogens is 2. The molecule has 1 atom stereocenters. The van der Waals surface area contributed by atoms with E-state index in [1.54, 1.807) is 34.1 Å². The van der Waals surface area contributed by atoms with Crippen molar-refractivity contribution in [2.75, 3.05) is 19.8 Å². The third-order valence-corrected chi connectivity index (χ3v) is 4.14. The first-order chi connectivity index (χ1) is 12.0. The maximum Gasteiger partial charge on any atom is 0.257 e. The number of hydrogen-bond acceptors (Lipinski definition) is 5. The number of furan rings is 1. The first-order valence-corrected chi connectivity index (χ1v) is 8.52. The van der Waals surface area contributed by atoms with Gasteiger partial charge in [-0.3, -0.25) is 14.3 Å². The van der Waals surface area contributed by atoms with Gasteiger partial charge in [0.05, 0.1) is 37.3 Å². The summed E-state index contributed by atoms with van der Waals surface area (Å²) in [5, 5.41) is 4.25. The summed E-state index contributed by atoms with van der Waals surface area (Å²) in [6.45, 7) is 6.24. The highest BCUT2D eigenvalue weighted by Crippen LogP contribution is 2.18. The summed E-state index contributed by atoms with van der Waals surface area (Å²) in [6.07, 6.45) is 5.00. The van der Waals surface area contributed by atoms with E-state index in [9.17, 15) is 9.59 Å². The third-order valence-electron chi connectivity index (χ3n) is 4.14. The molecule has 2 aromatic rings. The zero-order valence-electron chi connectivity index (χ0n) is 14.6. The van der Waals surface area contributed by atoms with Gasteiger partial charge in [0.25, 0.3) is 5.91 Å². The van der Waals surface area contributed by atoms with E-state index in [4.69, 9.17) is 9.15 Å². The van der Waals surface area contributed by atoms with E-state index in [1.807, 2.05) is 0 Å². The molecule has 0 bridgehead atoms. The highest BCUT2D eigenvalue weighted by Gasteiger charge is 2.31. The molecule has 0 spiro atoms. The van der Waals surface area contributed by atoms with Gasteiger partial charge in [-0.1, -0.05) is 13.8 Å². The van der Waals surface area contributed by atoms with Crippen LogP contribution in [0.2, 0.25) is 0 Å². The van der Waals surface area contributed by atoms with Gasteiger partial charge in [-0.05, 0) is 18.1 Å². The molecule has 1 saturated heterocycles. The first kappa shape index (κ1) is 17.4. The molecule has 0 aromatic carbocycles. The number of ketones is 1. The van der Waals surface area contributed by atoms with Gasteiger partial charge in [0.1, 0.15) is 0 Å². The van der Waals surface area contributed by atoms with Crippen molar-refractivity contribution in [2.45, 2.75) is 32.9 Å². The number of ether oxygens (including phenoxy) is 1. The lowest BCUT2D eigenvalue weighted by atomic mass is 10.1. The number of amides is 1. The molecule has 1 aliphatic rings. The van der Waals surface area contributed by atoms with Gasteiger partial charge < -0.3 is 14.1 Å². The number of nitrogens with zero attached hydrogens (tertiary/aromatic N) is 3. The fraction of sp³-hybridized carbons (Fsp3) is 0.500. The Bertz CT molecular complexity index is 721. The second kappa shape index (κ2) is 7.65. The highest BCUT2D eigenvalue weighted by atomic mass is 16.5. The minimum Gasteiger partial charge on any atom is -0.461 e. The van der Waals surface area contributed by atoms with E-state index >= 15 is 0 Å². The van der Waals surface area contributed by atoms with Crippen LogP contribution < -0.4 is 0 Å². The second-order valence-electron chi connectivity index (χ2n) is 6.68. The summed E-state index contributed by atoms with van der Waals surface area (Å²) in [7, 11) is 0. The molecule has 1 aliphatic heterocycles. The van der Waals surface area contributed by atoms with Gasteiger partial charge in [-0.2, -0.15) is 5.10 Å². The second-order valence-corrected chi connectivity index (χ2v) is 6.68. The number of carbonyl (C=O) groups excluding carboxylic acids is 2. The number of hydrogen-bond donors (Lipinski definition) is 0. The van der Waals surface area contributed by atoms with E-state index in [0.717, 1.165) is 6.54 Å². The van der Waals surface area contributed by atoms with Crippen LogP contribution in [0.25, 0.3) is 0 Å². The quantitative estimate of drug-likeness (QED) is 0.751. The van der Waals surface area contributed by atoms with Crippen LogP contribution in [0.4, 0.5) is 0 Å². The Morgan fingerprint density at radius 1 is 1.40 bits per heavy atom. The summed E-state index contributed by atoms with van der Waals surface area (Å²) >= 11 is 0. The van der Waals surface area contributed by atoms with Crippen LogP contribution in [0.1, 0.15) is 41.2 Å². The zero-order chi connectivity index (χ0) is 17.8. The summed E-state index contributed by atoms with van der Waals surface area (Å²) in [6, 6.07) is 3.01. The molecule has 0 aliphatic carbocycles. The fourth-order valence-corrected chi connectivity index (χ4v) is 2.96. The van der Waals surface area contributed by atoms with Crippen molar-refractivity contribution in [3.05, 3.63) is 42.1 Å². The predicted molar refractivity (Wildman–Crippen MR) is 90.4 cm³/mol. The molecule has 7 heteroatoms. The Balaban J connectivity index is 1.70. The maximum atomic E-state index is 12.9. The number of rotatable bonds is 6. The van der Waals surface area contributed by atoms with Crippen LogP contribution in [0.3, 0.4) is 0 Å². The molecule has 7 nitrogen and oxygen atoms in total. The van der Waals surface area contributed by atoms with Crippen LogP contribution in [0.15, 0.2) is 35.2 Å². The lowest BCUT2D eigenvalue weighted by molar-refractivity contribution is -0.00304. The van der Waals surface area contributed by atoms with Gasteiger partial charge >= 0.3 is 0 Å². The monoisotopic (exact) mass is 345 g/mol. The molecule has 3 heterocycles. The summed E-state index contributed by atoms with van der Waals surface area (Å²) in [4.78, 5) is 26.9. The Hall–Kier alpha value is -2.41. The number of morpholine rings is 1. The first-order valence-electron chi connectivity index (χ1n) is 8.52. The van der Waals surface area contributed by atoms with Crippen LogP contribution in [-0.2, 0) is 11.3 Å². The van der Waals surface area contributed by atoms with Crippen molar-refractivity contribution < 1.29 is 18.7 Å². The highest BCUT2D eigenvalue weighted by molar-refractivity contribution is 5.96. The Morgan fingerprint density at radius 3 is 2.96 bits per heavy atom. The van der Waals surface area contributed by atoms with Crippen LogP contribution in [-0.4, -0.2) is 52.2 Å². The molecule has 25 heavy (non-hydrogen) atoms. The SMILES string of the molecule is CC(C)Cn1cc(C(=O)N2CCOCC2CC(=O)c2ccco2)cn1. The smallest absolute Gasteiger partial charge is 0.257 e. The van der Waals surface area contributed by atoms with E-state index < -0.39 is 0 Å². The average molecular weight is 345 g/mol. The van der Waals surface area contributed by atoms with E-state index in [1.165, 1.54) is 6.26 Å². The minimum absolute atomic E-state index is 0.115. The molecule has 1 unspecified atom stereocenters. The van der Waals surface area contributed by atoms with Crippen molar-refractivity contribution in [2.24, 2.45) is 5.92 Å². The summed E-state index contributed by atoms with van der Waals surface area (Å²) in [5.41, 5.74) is 0.540. The summed E-state index contributed by atoms with van der Waals surface area (Å²) in [5.74, 6) is 0.511. The molecule has 134 valence electrons. The van der Waals surface area contributed by atoms with Crippen LogP contribution >= 0.6 is 0 Å². The predicted octanol–water partition coefficient (Wildman–Crippen LogP) is 2.25. The maximum absolute atomic E-state index is 12.9. The Kier molecular flexibility index (Phi) is 5.33. The molecular formula is C18H23N3O4. The lowest BCUT2D eigenvalue weighted by Gasteiger charge is -2.35. The van der Waals surface area contributed by atoms with E-state index in [0.29, 0.717) is 37.0 Å². The number of carbonyl (C=O) groups is 2. The van der Waals surface area contributed by atoms with Crippen molar-refractivity contribution in [3.63, 3.8) is 0 Å². The number of Topliss-reactive ketones (excluding diaryl/α,β-unsaturated/α-hetero) is 1. The van der Waals surface area contributed by atoms with Crippen molar-refractivity contribution in [3.8, 4) is 0 Å². The molecule has 1 amide bonds. The van der Waals surface area contributed by atoms with Crippen LogP contribution in [0, 0.1) is 5.92 Å². The van der Waals surface area contributed by atoms with E-state index in [-0.39, 0.29) is 24.2 Å². The normalized spacial score (nSPS) is 17.9. The average Bonchev–Trinajstić information content (AvgIpc) is 3.26. The molecule has 0 saturated carbocycles. The zero-order valence-corrected chi connectivity index (χ0v) is 14.6. The largest absolute Gasteiger partial charge is 0.461 e. The van der Waals surface area contributed by atoms with Crippen LogP contribution in [0.5, 0.6) is 0 Å². The Labute approximate surface area is 146 Å². The van der Waals surface area contributed by atoms with Gasteiger partial charge in [-0.25, -0.2) is 0 Å². The van der Waals surface area contributed by atoms with E-state index in [2.05, 4.69) is 18.9 Å². The topological polar surface area (TPSA) is 77.6 Å². The third kappa shape index (κ3) is 4.17. The Morgan fingerprint density at radius 2 is 2.24 bits per heavy atom.